The molecule has 37 heavy (non-hydrogen) atoms. The van der Waals surface area contributed by atoms with Crippen LogP contribution in [-0.4, -0.2) is 84.7 Å². The second kappa shape index (κ2) is 14.8. The van der Waals surface area contributed by atoms with Crippen LogP contribution in [0.4, 0.5) is 0 Å². The van der Waals surface area contributed by atoms with Gasteiger partial charge in [0.05, 0.1) is 6.61 Å². The summed E-state index contributed by atoms with van der Waals surface area (Å²) in [7, 11) is 0. The molecular weight excluding hydrogens is 458 g/mol. The monoisotopic (exact) mass is 515 g/mol. The van der Waals surface area contributed by atoms with Crippen LogP contribution in [-0.2, 0) is 6.54 Å². The third-order valence-electron chi connectivity index (χ3n) is 7.98. The maximum atomic E-state index is 5.71. The molecule has 1 spiro atoms. The lowest BCUT2D eigenvalue weighted by atomic mass is 9.69. The van der Waals surface area contributed by atoms with E-state index in [0.717, 1.165) is 32.0 Å². The van der Waals surface area contributed by atoms with E-state index in [1.165, 1.54) is 64.0 Å². The quantitative estimate of drug-likeness (QED) is 0.308. The SMILES string of the molecule is CC(C)CCCN1CC2(CCN(CC(C)C)C(CN(Cc3ccc(OCCCN)nc3)CC(C)C)C2)C1. The molecule has 2 saturated heterocycles. The number of pyridine rings is 1. The number of nitrogens with two attached hydrogens (primary N) is 1. The molecule has 6 nitrogen and oxygen atoms in total. The number of piperidine rings is 1. The van der Waals surface area contributed by atoms with Crippen molar-refractivity contribution in [2.75, 3.05) is 59.0 Å². The number of rotatable bonds is 16. The van der Waals surface area contributed by atoms with Crippen LogP contribution in [0.1, 0.15) is 79.2 Å². The number of nitrogens with zero attached hydrogens (tertiary/aromatic N) is 4. The van der Waals surface area contributed by atoms with E-state index in [1.54, 1.807) is 0 Å². The summed E-state index contributed by atoms with van der Waals surface area (Å²) in [5, 5.41) is 0. The molecule has 2 N–H and O–H groups in total. The zero-order valence-electron chi connectivity index (χ0n) is 24.9. The first kappa shape index (κ1) is 30.3. The first-order valence-electron chi connectivity index (χ1n) is 15.1. The molecule has 1 aromatic heterocycles. The fourth-order valence-corrected chi connectivity index (χ4v) is 6.38. The summed E-state index contributed by atoms with van der Waals surface area (Å²) in [6, 6.07) is 4.84. The smallest absolute Gasteiger partial charge is 0.213 e. The Hall–Kier alpha value is -1.21. The minimum absolute atomic E-state index is 0.545. The number of hydrogen-bond donors (Lipinski definition) is 1. The van der Waals surface area contributed by atoms with Crippen molar-refractivity contribution in [2.45, 2.75) is 86.2 Å². The van der Waals surface area contributed by atoms with E-state index in [1.807, 2.05) is 12.3 Å². The van der Waals surface area contributed by atoms with E-state index >= 15 is 0 Å². The fraction of sp³-hybridized carbons (Fsp3) is 0.839. The molecule has 2 aliphatic heterocycles. The molecule has 1 atom stereocenters. The minimum Gasteiger partial charge on any atom is -0.478 e. The van der Waals surface area contributed by atoms with Crippen molar-refractivity contribution >= 4 is 0 Å². The Morgan fingerprint density at radius 1 is 1.08 bits per heavy atom. The molecule has 6 heteroatoms. The van der Waals surface area contributed by atoms with Gasteiger partial charge in [-0.15, -0.1) is 0 Å². The third-order valence-corrected chi connectivity index (χ3v) is 7.98. The van der Waals surface area contributed by atoms with Crippen molar-refractivity contribution < 1.29 is 4.74 Å². The number of ether oxygens (including phenoxy) is 1. The lowest BCUT2D eigenvalue weighted by Crippen LogP contribution is -2.64. The van der Waals surface area contributed by atoms with Gasteiger partial charge in [0.15, 0.2) is 0 Å². The van der Waals surface area contributed by atoms with Gasteiger partial charge in [-0.3, -0.25) is 9.80 Å². The van der Waals surface area contributed by atoms with Crippen LogP contribution in [0.25, 0.3) is 0 Å². The lowest BCUT2D eigenvalue weighted by molar-refractivity contribution is -0.0756. The highest BCUT2D eigenvalue weighted by Gasteiger charge is 2.47. The van der Waals surface area contributed by atoms with Gasteiger partial charge in [-0.25, -0.2) is 4.98 Å². The number of likely N-dealkylation sites (tertiary alicyclic amines) is 2. The Kier molecular flexibility index (Phi) is 12.1. The molecule has 0 saturated carbocycles. The highest BCUT2D eigenvalue weighted by Crippen LogP contribution is 2.43. The predicted molar refractivity (Wildman–Crippen MR) is 156 cm³/mol. The molecule has 3 heterocycles. The molecule has 0 amide bonds. The van der Waals surface area contributed by atoms with Crippen molar-refractivity contribution in [1.82, 2.24) is 19.7 Å². The standard InChI is InChI=1S/C31H57N5O/c1-25(2)9-7-14-34-23-31(24-34)12-15-36(20-27(5)6)29(17-31)22-35(19-26(3)4)21-28-10-11-30(33-18-28)37-16-8-13-32/h10-11,18,25-27,29H,7-9,12-17,19-24,32H2,1-6H3. The number of hydrogen-bond acceptors (Lipinski definition) is 6. The lowest BCUT2D eigenvalue weighted by Gasteiger charge is -2.57. The Labute approximate surface area is 228 Å². The Bertz CT molecular complexity index is 759. The van der Waals surface area contributed by atoms with E-state index in [-0.39, 0.29) is 0 Å². The zero-order valence-corrected chi connectivity index (χ0v) is 24.9. The van der Waals surface area contributed by atoms with Gasteiger partial charge in [-0.05, 0) is 80.5 Å². The third kappa shape index (κ3) is 10.1. The van der Waals surface area contributed by atoms with Crippen molar-refractivity contribution in [1.29, 1.82) is 0 Å². The second-order valence-electron chi connectivity index (χ2n) is 13.3. The van der Waals surface area contributed by atoms with Crippen LogP contribution in [0.5, 0.6) is 5.88 Å². The van der Waals surface area contributed by atoms with E-state index < -0.39 is 0 Å². The topological polar surface area (TPSA) is 57.9 Å². The summed E-state index contributed by atoms with van der Waals surface area (Å²) in [6.45, 7) is 25.0. The predicted octanol–water partition coefficient (Wildman–Crippen LogP) is 5.13. The van der Waals surface area contributed by atoms with E-state index in [2.05, 4.69) is 67.3 Å². The summed E-state index contributed by atoms with van der Waals surface area (Å²) in [5.74, 6) is 2.87. The molecule has 1 unspecified atom stereocenters. The minimum atomic E-state index is 0.545. The normalized spacial score (nSPS) is 20.5. The molecule has 2 fully saturated rings. The highest BCUT2D eigenvalue weighted by molar-refractivity contribution is 5.18. The van der Waals surface area contributed by atoms with Gasteiger partial charge in [0, 0.05) is 57.6 Å². The summed E-state index contributed by atoms with van der Waals surface area (Å²) >= 11 is 0. The molecule has 2 aliphatic rings. The molecule has 0 aliphatic carbocycles. The van der Waals surface area contributed by atoms with Gasteiger partial charge >= 0.3 is 0 Å². The Morgan fingerprint density at radius 2 is 1.86 bits per heavy atom. The maximum absolute atomic E-state index is 5.71. The van der Waals surface area contributed by atoms with Crippen LogP contribution in [0.3, 0.4) is 0 Å². The van der Waals surface area contributed by atoms with Crippen LogP contribution in [0.2, 0.25) is 0 Å². The highest BCUT2D eigenvalue weighted by atomic mass is 16.5. The van der Waals surface area contributed by atoms with E-state index in [4.69, 9.17) is 10.5 Å². The zero-order chi connectivity index (χ0) is 26.8. The Morgan fingerprint density at radius 3 is 2.49 bits per heavy atom. The molecular formula is C31H57N5O. The van der Waals surface area contributed by atoms with Crippen molar-refractivity contribution in [2.24, 2.45) is 28.9 Å². The van der Waals surface area contributed by atoms with Gasteiger partial charge in [0.25, 0.3) is 0 Å². The molecule has 3 rings (SSSR count). The number of aromatic nitrogens is 1. The van der Waals surface area contributed by atoms with Crippen LogP contribution in [0.15, 0.2) is 18.3 Å². The van der Waals surface area contributed by atoms with Gasteiger partial charge in [0.1, 0.15) is 0 Å². The van der Waals surface area contributed by atoms with Gasteiger partial charge < -0.3 is 15.4 Å². The molecule has 1 aromatic rings. The summed E-state index contributed by atoms with van der Waals surface area (Å²) in [5.41, 5.74) is 7.39. The van der Waals surface area contributed by atoms with E-state index in [9.17, 15) is 0 Å². The Balaban J connectivity index is 1.61. The van der Waals surface area contributed by atoms with Gasteiger partial charge in [0.2, 0.25) is 5.88 Å². The summed E-state index contributed by atoms with van der Waals surface area (Å²) in [4.78, 5) is 12.8. The molecule has 212 valence electrons. The first-order chi connectivity index (χ1) is 17.7. The van der Waals surface area contributed by atoms with Crippen LogP contribution >= 0.6 is 0 Å². The molecule has 0 bridgehead atoms. The van der Waals surface area contributed by atoms with Crippen LogP contribution < -0.4 is 10.5 Å². The van der Waals surface area contributed by atoms with Crippen molar-refractivity contribution in [3.8, 4) is 5.88 Å². The average molecular weight is 516 g/mol. The molecule has 0 aromatic carbocycles. The van der Waals surface area contributed by atoms with Gasteiger partial charge in [-0.2, -0.15) is 0 Å². The van der Waals surface area contributed by atoms with E-state index in [0.29, 0.717) is 42.3 Å². The van der Waals surface area contributed by atoms with Gasteiger partial charge in [-0.1, -0.05) is 47.6 Å². The second-order valence-corrected chi connectivity index (χ2v) is 13.3. The summed E-state index contributed by atoms with van der Waals surface area (Å²) < 4.78 is 5.71. The molecule has 0 radical (unpaired) electrons. The fourth-order valence-electron chi connectivity index (χ4n) is 6.38. The average Bonchev–Trinajstić information content (AvgIpc) is 2.80. The van der Waals surface area contributed by atoms with Crippen molar-refractivity contribution in [3.05, 3.63) is 23.9 Å². The summed E-state index contributed by atoms with van der Waals surface area (Å²) in [6.07, 6.45) is 8.28. The first-order valence-corrected chi connectivity index (χ1v) is 15.1. The largest absolute Gasteiger partial charge is 0.478 e. The van der Waals surface area contributed by atoms with Crippen LogP contribution in [0, 0.1) is 23.2 Å². The van der Waals surface area contributed by atoms with Crippen molar-refractivity contribution in [3.63, 3.8) is 0 Å². The maximum Gasteiger partial charge on any atom is 0.213 e.